The standard InChI is InChI=1S/C17H21N3O5/c1-3-25-20-16(15(18)21)19-10-7-8-11(23-2)14(13(10)17(20)22)12-6-4-5-9-24-12/h7-8,12H,3-6,9H2,1-2H3,(H2,18,21). The summed E-state index contributed by atoms with van der Waals surface area (Å²) in [5, 5.41) is 0.324. The monoisotopic (exact) mass is 347 g/mol. The zero-order valence-electron chi connectivity index (χ0n) is 14.3. The Morgan fingerprint density at radius 2 is 2.24 bits per heavy atom. The fourth-order valence-corrected chi connectivity index (χ4v) is 3.13. The van der Waals surface area contributed by atoms with Gasteiger partial charge in [0.25, 0.3) is 11.5 Å². The number of rotatable bonds is 5. The highest BCUT2D eigenvalue weighted by atomic mass is 16.7. The highest BCUT2D eigenvalue weighted by molar-refractivity contribution is 5.92. The molecule has 1 amide bonds. The maximum absolute atomic E-state index is 13.1. The molecular weight excluding hydrogens is 326 g/mol. The molecule has 25 heavy (non-hydrogen) atoms. The van der Waals surface area contributed by atoms with E-state index in [1.54, 1.807) is 26.2 Å². The lowest BCUT2D eigenvalue weighted by atomic mass is 9.97. The molecule has 1 aromatic heterocycles. The highest BCUT2D eigenvalue weighted by Crippen LogP contribution is 2.37. The second-order valence-corrected chi connectivity index (χ2v) is 5.75. The topological polar surface area (TPSA) is 106 Å². The van der Waals surface area contributed by atoms with Gasteiger partial charge >= 0.3 is 0 Å². The number of fused-ring (bicyclic) bond motifs is 1. The van der Waals surface area contributed by atoms with Crippen molar-refractivity contribution in [2.45, 2.75) is 32.3 Å². The molecule has 1 unspecified atom stereocenters. The van der Waals surface area contributed by atoms with Gasteiger partial charge in [-0.2, -0.15) is 0 Å². The van der Waals surface area contributed by atoms with E-state index in [-0.39, 0.29) is 18.5 Å². The van der Waals surface area contributed by atoms with Crippen LogP contribution in [0.1, 0.15) is 48.5 Å². The minimum atomic E-state index is -0.835. The molecule has 0 saturated carbocycles. The summed E-state index contributed by atoms with van der Waals surface area (Å²) in [4.78, 5) is 34.3. The minimum absolute atomic E-state index is 0.187. The Kier molecular flexibility index (Phi) is 4.89. The molecule has 0 radical (unpaired) electrons. The smallest absolute Gasteiger partial charge is 0.295 e. The summed E-state index contributed by atoms with van der Waals surface area (Å²) in [6, 6.07) is 3.35. The van der Waals surface area contributed by atoms with Crippen LogP contribution in [0.4, 0.5) is 0 Å². The van der Waals surface area contributed by atoms with Crippen LogP contribution in [0.3, 0.4) is 0 Å². The van der Waals surface area contributed by atoms with Gasteiger partial charge in [0.1, 0.15) is 12.4 Å². The van der Waals surface area contributed by atoms with Crippen LogP contribution in [-0.2, 0) is 4.74 Å². The van der Waals surface area contributed by atoms with Gasteiger partial charge < -0.3 is 20.0 Å². The maximum Gasteiger partial charge on any atom is 0.295 e. The predicted molar refractivity (Wildman–Crippen MR) is 90.7 cm³/mol. The van der Waals surface area contributed by atoms with Gasteiger partial charge in [0.05, 0.1) is 24.1 Å². The van der Waals surface area contributed by atoms with Crippen LogP contribution >= 0.6 is 0 Å². The van der Waals surface area contributed by atoms with Crippen molar-refractivity contribution in [3.05, 3.63) is 33.9 Å². The van der Waals surface area contributed by atoms with E-state index in [0.29, 0.717) is 28.8 Å². The fraction of sp³-hybridized carbons (Fsp3) is 0.471. The summed E-state index contributed by atoms with van der Waals surface area (Å²) in [5.41, 5.74) is 5.86. The second-order valence-electron chi connectivity index (χ2n) is 5.75. The van der Waals surface area contributed by atoms with Crippen molar-refractivity contribution < 1.29 is 19.1 Å². The van der Waals surface area contributed by atoms with Crippen LogP contribution in [0.15, 0.2) is 16.9 Å². The lowest BCUT2D eigenvalue weighted by molar-refractivity contribution is 0.0144. The van der Waals surface area contributed by atoms with E-state index in [4.69, 9.17) is 20.0 Å². The quantitative estimate of drug-likeness (QED) is 0.871. The van der Waals surface area contributed by atoms with Crippen molar-refractivity contribution in [1.29, 1.82) is 0 Å². The molecule has 3 rings (SSSR count). The first-order chi connectivity index (χ1) is 12.1. The zero-order valence-corrected chi connectivity index (χ0v) is 14.3. The molecule has 1 fully saturated rings. The maximum atomic E-state index is 13.1. The number of carbonyl (C=O) groups is 1. The number of amides is 1. The number of carbonyl (C=O) groups excluding carboxylic acids is 1. The molecule has 2 N–H and O–H groups in total. The van der Waals surface area contributed by atoms with Gasteiger partial charge in [-0.1, -0.05) is 0 Å². The Hall–Kier alpha value is -2.61. The van der Waals surface area contributed by atoms with E-state index >= 15 is 0 Å². The molecule has 1 aliphatic rings. The molecule has 8 heteroatoms. The van der Waals surface area contributed by atoms with Gasteiger partial charge in [-0.25, -0.2) is 4.98 Å². The summed E-state index contributed by atoms with van der Waals surface area (Å²) in [7, 11) is 1.54. The lowest BCUT2D eigenvalue weighted by Crippen LogP contribution is -2.36. The summed E-state index contributed by atoms with van der Waals surface area (Å²) in [5.74, 6) is -0.521. The molecule has 2 heterocycles. The Morgan fingerprint density at radius 1 is 1.44 bits per heavy atom. The third kappa shape index (κ3) is 3.05. The summed E-state index contributed by atoms with van der Waals surface area (Å²) in [6.45, 7) is 2.52. The molecule has 0 spiro atoms. The van der Waals surface area contributed by atoms with Gasteiger partial charge in [0.15, 0.2) is 0 Å². The predicted octanol–water partition coefficient (Wildman–Crippen LogP) is 1.19. The Bertz CT molecular complexity index is 855. The van der Waals surface area contributed by atoms with Crippen LogP contribution in [0.5, 0.6) is 5.75 Å². The van der Waals surface area contributed by atoms with Crippen LogP contribution in [0.25, 0.3) is 10.9 Å². The van der Waals surface area contributed by atoms with E-state index in [1.165, 1.54) is 0 Å². The molecule has 2 aromatic rings. The van der Waals surface area contributed by atoms with Crippen molar-refractivity contribution in [1.82, 2.24) is 9.71 Å². The number of nitrogens with zero attached hydrogens (tertiary/aromatic N) is 2. The first kappa shape index (κ1) is 17.2. The number of hydrogen-bond acceptors (Lipinski definition) is 6. The minimum Gasteiger partial charge on any atom is -0.496 e. The molecule has 0 aliphatic carbocycles. The average molecular weight is 347 g/mol. The largest absolute Gasteiger partial charge is 0.496 e. The van der Waals surface area contributed by atoms with Crippen LogP contribution in [0.2, 0.25) is 0 Å². The number of primary amides is 1. The van der Waals surface area contributed by atoms with E-state index in [2.05, 4.69) is 4.98 Å². The van der Waals surface area contributed by atoms with Gasteiger partial charge in [0, 0.05) is 12.2 Å². The average Bonchev–Trinajstić information content (AvgIpc) is 2.63. The van der Waals surface area contributed by atoms with E-state index in [0.717, 1.165) is 24.0 Å². The Labute approximate surface area is 144 Å². The van der Waals surface area contributed by atoms with Crippen LogP contribution in [0, 0.1) is 0 Å². The molecule has 1 atom stereocenters. The first-order valence-electron chi connectivity index (χ1n) is 8.26. The van der Waals surface area contributed by atoms with Crippen molar-refractivity contribution in [3.8, 4) is 5.75 Å². The van der Waals surface area contributed by atoms with E-state index in [1.807, 2.05) is 0 Å². The highest BCUT2D eigenvalue weighted by Gasteiger charge is 2.27. The van der Waals surface area contributed by atoms with E-state index in [9.17, 15) is 9.59 Å². The van der Waals surface area contributed by atoms with Gasteiger partial charge in [-0.05, 0) is 38.3 Å². The molecule has 0 bridgehead atoms. The van der Waals surface area contributed by atoms with Crippen LogP contribution < -0.4 is 20.9 Å². The molecule has 1 saturated heterocycles. The second kappa shape index (κ2) is 7.10. The third-order valence-electron chi connectivity index (χ3n) is 4.20. The van der Waals surface area contributed by atoms with Gasteiger partial charge in [-0.15, -0.1) is 4.73 Å². The van der Waals surface area contributed by atoms with Crippen molar-refractivity contribution in [3.63, 3.8) is 0 Å². The third-order valence-corrected chi connectivity index (χ3v) is 4.20. The number of nitrogens with two attached hydrogens (primary N) is 1. The van der Waals surface area contributed by atoms with Crippen molar-refractivity contribution in [2.24, 2.45) is 5.73 Å². The number of methoxy groups -OCH3 is 1. The summed E-state index contributed by atoms with van der Waals surface area (Å²) >= 11 is 0. The normalized spacial score (nSPS) is 17.4. The van der Waals surface area contributed by atoms with Crippen LogP contribution in [-0.4, -0.2) is 35.9 Å². The lowest BCUT2D eigenvalue weighted by Gasteiger charge is -2.25. The molecule has 8 nitrogen and oxygen atoms in total. The fourth-order valence-electron chi connectivity index (χ4n) is 3.13. The molecule has 1 aliphatic heterocycles. The Balaban J connectivity index is 2.34. The van der Waals surface area contributed by atoms with Gasteiger partial charge in [0.2, 0.25) is 5.82 Å². The summed E-state index contributed by atoms with van der Waals surface area (Å²) in [6.07, 6.45) is 2.49. The number of benzene rings is 1. The molecule has 1 aromatic carbocycles. The number of ether oxygens (including phenoxy) is 2. The number of aromatic nitrogens is 2. The SMILES string of the molecule is CCOn1c(C(N)=O)nc2ccc(OC)c(C3CCCCO3)c2c1=O. The Morgan fingerprint density at radius 3 is 2.84 bits per heavy atom. The van der Waals surface area contributed by atoms with Crippen molar-refractivity contribution >= 4 is 16.8 Å². The first-order valence-corrected chi connectivity index (χ1v) is 8.26. The molecule has 134 valence electrons. The number of hydrogen-bond donors (Lipinski definition) is 1. The van der Waals surface area contributed by atoms with Gasteiger partial charge in [-0.3, -0.25) is 9.59 Å². The molecular formula is C17H21N3O5. The van der Waals surface area contributed by atoms with E-state index < -0.39 is 11.5 Å². The summed E-state index contributed by atoms with van der Waals surface area (Å²) < 4.78 is 12.2. The zero-order chi connectivity index (χ0) is 18.0. The van der Waals surface area contributed by atoms with Crippen molar-refractivity contribution in [2.75, 3.05) is 20.3 Å².